The molecule has 0 spiro atoms. The van der Waals surface area contributed by atoms with Gasteiger partial charge in [-0.25, -0.2) is 0 Å². The van der Waals surface area contributed by atoms with E-state index in [9.17, 15) is 10.5 Å². The van der Waals surface area contributed by atoms with Crippen LogP contribution in [0.3, 0.4) is 0 Å². The van der Waals surface area contributed by atoms with E-state index in [1.165, 1.54) is 21.9 Å². The van der Waals surface area contributed by atoms with Crippen LogP contribution < -0.4 is 0 Å². The van der Waals surface area contributed by atoms with Crippen LogP contribution in [0, 0.1) is 22.7 Å². The van der Waals surface area contributed by atoms with Crippen molar-refractivity contribution in [3.8, 4) is 40.1 Å². The van der Waals surface area contributed by atoms with Crippen LogP contribution in [-0.4, -0.2) is 4.57 Å². The normalized spacial score (nSPS) is 11.9. The summed E-state index contributed by atoms with van der Waals surface area (Å²) in [5.74, 6) is 0. The Morgan fingerprint density at radius 2 is 1.07 bits per heavy atom. The highest BCUT2D eigenvalue weighted by Crippen LogP contribution is 2.41. The highest BCUT2D eigenvalue weighted by atomic mass is 15.0. The second-order valence-corrected chi connectivity index (χ2v) is 13.3. The van der Waals surface area contributed by atoms with Crippen LogP contribution in [0.4, 0.5) is 0 Å². The molecule has 0 fully saturated rings. The Balaban J connectivity index is 1.70. The molecule has 3 nitrogen and oxygen atoms in total. The molecule has 0 unspecified atom stereocenters. The first kappa shape index (κ1) is 28.0. The Morgan fingerprint density at radius 1 is 0.535 bits per heavy atom. The summed E-state index contributed by atoms with van der Waals surface area (Å²) in [5, 5.41) is 22.5. The summed E-state index contributed by atoms with van der Waals surface area (Å²) in [4.78, 5) is 0. The summed E-state index contributed by atoms with van der Waals surface area (Å²) < 4.78 is 2.35. The third-order valence-corrected chi connectivity index (χ3v) is 8.42. The maximum Gasteiger partial charge on any atom is 0.0998 e. The molecule has 1 aromatic heterocycles. The standard InChI is InChI=1S/C40H35N3/c1-39(2,3)29-15-19-36-34(21-29)35-22-30(40(4,5)6)16-20-37(35)43(36)31-17-18-32(33(23-31)26-11-8-7-9-12-26)38-27(24-41)13-10-14-28(38)25-42/h7-23H,1-6H3. The van der Waals surface area contributed by atoms with Crippen molar-refractivity contribution in [2.45, 2.75) is 52.4 Å². The predicted molar refractivity (Wildman–Crippen MR) is 178 cm³/mol. The summed E-state index contributed by atoms with van der Waals surface area (Å²) in [6.07, 6.45) is 0. The predicted octanol–water partition coefficient (Wildman–Crippen LogP) is 10.5. The van der Waals surface area contributed by atoms with Gasteiger partial charge in [-0.15, -0.1) is 0 Å². The van der Waals surface area contributed by atoms with Gasteiger partial charge < -0.3 is 4.57 Å². The van der Waals surface area contributed by atoms with Crippen LogP contribution in [0.2, 0.25) is 0 Å². The van der Waals surface area contributed by atoms with E-state index >= 15 is 0 Å². The molecule has 6 aromatic rings. The molecule has 43 heavy (non-hydrogen) atoms. The molecule has 0 aliphatic heterocycles. The van der Waals surface area contributed by atoms with Gasteiger partial charge in [-0.3, -0.25) is 0 Å². The Kier molecular flexibility index (Phi) is 6.71. The third kappa shape index (κ3) is 4.88. The van der Waals surface area contributed by atoms with E-state index in [0.29, 0.717) is 16.7 Å². The fourth-order valence-corrected chi connectivity index (χ4v) is 6.01. The number of fused-ring (bicyclic) bond motifs is 3. The van der Waals surface area contributed by atoms with E-state index in [0.717, 1.165) is 33.4 Å². The van der Waals surface area contributed by atoms with Crippen molar-refractivity contribution in [3.05, 3.63) is 125 Å². The van der Waals surface area contributed by atoms with E-state index < -0.39 is 0 Å². The zero-order valence-electron chi connectivity index (χ0n) is 25.7. The van der Waals surface area contributed by atoms with Gasteiger partial charge in [-0.1, -0.05) is 96.1 Å². The number of hydrogen-bond acceptors (Lipinski definition) is 2. The van der Waals surface area contributed by atoms with E-state index in [-0.39, 0.29) is 10.8 Å². The maximum absolute atomic E-state index is 10.00. The minimum Gasteiger partial charge on any atom is -0.309 e. The molecule has 0 bridgehead atoms. The van der Waals surface area contributed by atoms with Crippen LogP contribution in [0.15, 0.2) is 103 Å². The molecule has 0 saturated heterocycles. The minimum atomic E-state index is 0.0267. The van der Waals surface area contributed by atoms with Gasteiger partial charge >= 0.3 is 0 Å². The van der Waals surface area contributed by atoms with E-state index in [1.54, 1.807) is 18.2 Å². The summed E-state index contributed by atoms with van der Waals surface area (Å²) in [5.41, 5.74) is 10.5. The second-order valence-electron chi connectivity index (χ2n) is 13.3. The molecule has 210 valence electrons. The molecule has 0 saturated carbocycles. The molecule has 5 aromatic carbocycles. The second kappa shape index (κ2) is 10.3. The molecule has 0 amide bonds. The lowest BCUT2D eigenvalue weighted by molar-refractivity contribution is 0.590. The highest BCUT2D eigenvalue weighted by Gasteiger charge is 2.22. The smallest absolute Gasteiger partial charge is 0.0998 e. The molecule has 0 radical (unpaired) electrons. The number of nitrogens with zero attached hydrogens (tertiary/aromatic N) is 3. The van der Waals surface area contributed by atoms with Crippen molar-refractivity contribution in [3.63, 3.8) is 0 Å². The van der Waals surface area contributed by atoms with Crippen LogP contribution in [0.1, 0.15) is 63.8 Å². The first-order valence-electron chi connectivity index (χ1n) is 14.7. The number of rotatable bonds is 3. The van der Waals surface area contributed by atoms with Gasteiger partial charge in [0.15, 0.2) is 0 Å². The zero-order chi connectivity index (χ0) is 30.5. The van der Waals surface area contributed by atoms with Gasteiger partial charge in [-0.2, -0.15) is 10.5 Å². The number of benzene rings is 5. The zero-order valence-corrected chi connectivity index (χ0v) is 25.7. The maximum atomic E-state index is 10.00. The monoisotopic (exact) mass is 557 g/mol. The SMILES string of the molecule is CC(C)(C)c1ccc2c(c1)c1cc(C(C)(C)C)ccc1n2-c1ccc(-c2c(C#N)cccc2C#N)c(-c2ccccc2)c1. The van der Waals surface area contributed by atoms with Crippen molar-refractivity contribution in [2.75, 3.05) is 0 Å². The lowest BCUT2D eigenvalue weighted by atomic mass is 9.85. The Labute approximate surface area is 254 Å². The molecule has 0 atom stereocenters. The molecule has 0 aliphatic carbocycles. The van der Waals surface area contributed by atoms with Gasteiger partial charge in [0.05, 0.1) is 34.3 Å². The van der Waals surface area contributed by atoms with Gasteiger partial charge in [-0.05, 0) is 87.2 Å². The molecule has 6 rings (SSSR count). The molecular formula is C40H35N3. The van der Waals surface area contributed by atoms with E-state index in [4.69, 9.17) is 0 Å². The van der Waals surface area contributed by atoms with Gasteiger partial charge in [0, 0.05) is 22.0 Å². The third-order valence-electron chi connectivity index (χ3n) is 8.42. The lowest BCUT2D eigenvalue weighted by Crippen LogP contribution is -2.10. The molecular weight excluding hydrogens is 522 g/mol. The Bertz CT molecular complexity index is 2000. The Morgan fingerprint density at radius 3 is 1.56 bits per heavy atom. The fraction of sp³-hybridized carbons (Fsp3) is 0.200. The van der Waals surface area contributed by atoms with Crippen molar-refractivity contribution >= 4 is 21.8 Å². The molecule has 1 heterocycles. The molecule has 3 heteroatoms. The van der Waals surface area contributed by atoms with Gasteiger partial charge in [0.2, 0.25) is 0 Å². The fourth-order valence-electron chi connectivity index (χ4n) is 6.01. The quantitative estimate of drug-likeness (QED) is 0.217. The van der Waals surface area contributed by atoms with Crippen molar-refractivity contribution in [2.24, 2.45) is 0 Å². The average Bonchev–Trinajstić information content (AvgIpc) is 3.33. The van der Waals surface area contributed by atoms with E-state index in [2.05, 4.69) is 125 Å². The topological polar surface area (TPSA) is 52.5 Å². The average molecular weight is 558 g/mol. The van der Waals surface area contributed by atoms with Crippen LogP contribution in [0.25, 0.3) is 49.7 Å². The first-order chi connectivity index (χ1) is 20.5. The largest absolute Gasteiger partial charge is 0.309 e. The van der Waals surface area contributed by atoms with Crippen LogP contribution in [0.5, 0.6) is 0 Å². The summed E-state index contributed by atoms with van der Waals surface area (Å²) >= 11 is 0. The van der Waals surface area contributed by atoms with Crippen LogP contribution in [-0.2, 0) is 10.8 Å². The summed E-state index contributed by atoms with van der Waals surface area (Å²) in [6.45, 7) is 13.5. The highest BCUT2D eigenvalue weighted by molar-refractivity contribution is 6.10. The van der Waals surface area contributed by atoms with E-state index in [1.807, 2.05) is 18.2 Å². The van der Waals surface area contributed by atoms with Gasteiger partial charge in [0.25, 0.3) is 0 Å². The Hall–Kier alpha value is -5.12. The minimum absolute atomic E-state index is 0.0267. The first-order valence-corrected chi connectivity index (χ1v) is 14.7. The summed E-state index contributed by atoms with van der Waals surface area (Å²) in [7, 11) is 0. The van der Waals surface area contributed by atoms with Crippen molar-refractivity contribution in [1.29, 1.82) is 10.5 Å². The van der Waals surface area contributed by atoms with Crippen LogP contribution >= 0.6 is 0 Å². The van der Waals surface area contributed by atoms with Crippen molar-refractivity contribution < 1.29 is 0 Å². The number of nitriles is 2. The number of aromatic nitrogens is 1. The molecule has 0 N–H and O–H groups in total. The van der Waals surface area contributed by atoms with Crippen molar-refractivity contribution in [1.82, 2.24) is 4.57 Å². The number of hydrogen-bond donors (Lipinski definition) is 0. The molecule has 0 aliphatic rings. The lowest BCUT2D eigenvalue weighted by Gasteiger charge is -2.19. The summed E-state index contributed by atoms with van der Waals surface area (Å²) in [6, 6.07) is 40.3. The van der Waals surface area contributed by atoms with Gasteiger partial charge in [0.1, 0.15) is 0 Å².